The fraction of sp³-hybridized carbons (Fsp3) is 0.105. The molecule has 0 unspecified atom stereocenters. The molecule has 0 fully saturated rings. The molecule has 0 atom stereocenters. The quantitative estimate of drug-likeness (QED) is 0.376. The first-order chi connectivity index (χ1) is 15.1. The summed E-state index contributed by atoms with van der Waals surface area (Å²) in [5.74, 6) is -0.785. The number of sulfonamides is 1. The second-order valence-corrected chi connectivity index (χ2v) is 10.2. The molecule has 0 spiro atoms. The van der Waals surface area contributed by atoms with E-state index in [2.05, 4.69) is 20.0 Å². The molecule has 2 aromatic carbocycles. The molecule has 8 nitrogen and oxygen atoms in total. The average molecular weight is 514 g/mol. The van der Waals surface area contributed by atoms with Gasteiger partial charge in [0.2, 0.25) is 5.13 Å². The Morgan fingerprint density at radius 3 is 2.56 bits per heavy atom. The second-order valence-electron chi connectivity index (χ2n) is 6.53. The first-order valence-corrected chi connectivity index (χ1v) is 12.0. The van der Waals surface area contributed by atoms with Crippen LogP contribution in [0.5, 0.6) is 11.5 Å². The molecule has 0 saturated heterocycles. The van der Waals surface area contributed by atoms with Gasteiger partial charge in [-0.05, 0) is 37.3 Å². The molecule has 13 heteroatoms. The summed E-state index contributed by atoms with van der Waals surface area (Å²) in [6, 6.07) is 8.52. The van der Waals surface area contributed by atoms with Crippen LogP contribution in [-0.4, -0.2) is 28.4 Å². The number of hydrogen-bond acceptors (Lipinski definition) is 7. The van der Waals surface area contributed by atoms with Gasteiger partial charge in [-0.3, -0.25) is 9.40 Å². The Kier molecular flexibility index (Phi) is 6.08. The SMILES string of the molecule is Cc1nnc(NS(=O)(=O)c2cc(Cl)c(Oc3ccc(Cl)cc3-c3ccnn3C)cc2F)s1. The van der Waals surface area contributed by atoms with E-state index in [4.69, 9.17) is 27.9 Å². The van der Waals surface area contributed by atoms with Crippen molar-refractivity contribution in [3.63, 3.8) is 0 Å². The number of anilines is 1. The third-order valence-corrected chi connectivity index (χ3v) is 7.05. The first kappa shape index (κ1) is 22.5. The third kappa shape index (κ3) is 4.56. The molecule has 2 heterocycles. The Morgan fingerprint density at radius 2 is 1.91 bits per heavy atom. The van der Waals surface area contributed by atoms with Crippen LogP contribution >= 0.6 is 34.5 Å². The zero-order chi connectivity index (χ0) is 23.0. The number of aromatic nitrogens is 4. The molecule has 4 aromatic rings. The summed E-state index contributed by atoms with van der Waals surface area (Å²) in [4.78, 5) is -0.648. The smallest absolute Gasteiger partial charge is 0.266 e. The highest BCUT2D eigenvalue weighted by Crippen LogP contribution is 2.39. The molecular formula is C19H14Cl2FN5O3S2. The summed E-state index contributed by atoms with van der Waals surface area (Å²) in [5.41, 5.74) is 1.30. The zero-order valence-electron chi connectivity index (χ0n) is 16.5. The predicted molar refractivity (Wildman–Crippen MR) is 121 cm³/mol. The van der Waals surface area contributed by atoms with Crippen LogP contribution in [0.4, 0.5) is 9.52 Å². The summed E-state index contributed by atoms with van der Waals surface area (Å²) in [5, 5.41) is 12.5. The van der Waals surface area contributed by atoms with Crippen molar-refractivity contribution in [1.29, 1.82) is 0 Å². The van der Waals surface area contributed by atoms with E-state index >= 15 is 0 Å². The van der Waals surface area contributed by atoms with Crippen LogP contribution in [0.2, 0.25) is 10.0 Å². The maximum Gasteiger partial charge on any atom is 0.266 e. The highest BCUT2D eigenvalue weighted by Gasteiger charge is 2.24. The van der Waals surface area contributed by atoms with Crippen LogP contribution in [0, 0.1) is 12.7 Å². The van der Waals surface area contributed by atoms with E-state index in [9.17, 15) is 12.8 Å². The van der Waals surface area contributed by atoms with Gasteiger partial charge in [0.15, 0.2) is 0 Å². The Bertz CT molecular complexity index is 1420. The van der Waals surface area contributed by atoms with Gasteiger partial charge in [0.05, 0.1) is 10.7 Å². The highest BCUT2D eigenvalue weighted by molar-refractivity contribution is 7.93. The van der Waals surface area contributed by atoms with Crippen molar-refractivity contribution >= 4 is 49.7 Å². The van der Waals surface area contributed by atoms with Crippen LogP contribution < -0.4 is 9.46 Å². The van der Waals surface area contributed by atoms with Crippen LogP contribution in [0.3, 0.4) is 0 Å². The third-order valence-electron chi connectivity index (χ3n) is 4.28. The minimum Gasteiger partial charge on any atom is -0.455 e. The van der Waals surface area contributed by atoms with E-state index in [-0.39, 0.29) is 15.9 Å². The number of rotatable bonds is 6. The van der Waals surface area contributed by atoms with Crippen molar-refractivity contribution in [2.45, 2.75) is 11.8 Å². The Morgan fingerprint density at radius 1 is 1.12 bits per heavy atom. The van der Waals surface area contributed by atoms with E-state index in [1.165, 1.54) is 0 Å². The molecule has 0 radical (unpaired) electrons. The van der Waals surface area contributed by atoms with E-state index < -0.39 is 20.7 Å². The molecule has 0 aliphatic carbocycles. The normalized spacial score (nSPS) is 11.5. The lowest BCUT2D eigenvalue weighted by Crippen LogP contribution is -2.14. The highest BCUT2D eigenvalue weighted by atomic mass is 35.5. The number of nitrogens with one attached hydrogen (secondary N) is 1. The molecule has 166 valence electrons. The Hall–Kier alpha value is -2.73. The van der Waals surface area contributed by atoms with Gasteiger partial charge in [0.1, 0.15) is 27.2 Å². The molecule has 0 amide bonds. The number of nitrogens with zero attached hydrogens (tertiary/aromatic N) is 4. The first-order valence-electron chi connectivity index (χ1n) is 8.92. The molecule has 4 rings (SSSR count). The summed E-state index contributed by atoms with van der Waals surface area (Å²) < 4.78 is 49.7. The number of ether oxygens (including phenoxy) is 1. The number of benzene rings is 2. The van der Waals surface area contributed by atoms with Crippen molar-refractivity contribution in [1.82, 2.24) is 20.0 Å². The minimum absolute atomic E-state index is 0.0142. The summed E-state index contributed by atoms with van der Waals surface area (Å²) >= 11 is 13.4. The van der Waals surface area contributed by atoms with Gasteiger partial charge >= 0.3 is 0 Å². The molecule has 2 aromatic heterocycles. The molecule has 0 aliphatic rings. The van der Waals surface area contributed by atoms with Gasteiger partial charge in [0.25, 0.3) is 10.0 Å². The minimum atomic E-state index is -4.28. The lowest BCUT2D eigenvalue weighted by molar-refractivity contribution is 0.475. The van der Waals surface area contributed by atoms with Gasteiger partial charge in [-0.15, -0.1) is 10.2 Å². The maximum absolute atomic E-state index is 14.8. The van der Waals surface area contributed by atoms with Crippen molar-refractivity contribution in [3.8, 4) is 22.8 Å². The summed E-state index contributed by atoms with van der Waals surface area (Å²) in [7, 11) is -2.53. The largest absolute Gasteiger partial charge is 0.455 e. The molecule has 0 aliphatic heterocycles. The van der Waals surface area contributed by atoms with Crippen LogP contribution in [-0.2, 0) is 17.1 Å². The zero-order valence-corrected chi connectivity index (χ0v) is 19.7. The molecule has 1 N–H and O–H groups in total. The van der Waals surface area contributed by atoms with Gasteiger partial charge in [-0.1, -0.05) is 34.5 Å². The van der Waals surface area contributed by atoms with Gasteiger partial charge < -0.3 is 4.74 Å². The Balaban J connectivity index is 1.69. The van der Waals surface area contributed by atoms with Crippen molar-refractivity contribution in [2.24, 2.45) is 7.05 Å². The fourth-order valence-electron chi connectivity index (χ4n) is 2.85. The van der Waals surface area contributed by atoms with Gasteiger partial charge in [-0.2, -0.15) is 5.10 Å². The van der Waals surface area contributed by atoms with Gasteiger partial charge in [0, 0.05) is 29.9 Å². The van der Waals surface area contributed by atoms with E-state index in [1.54, 1.807) is 49.1 Å². The predicted octanol–water partition coefficient (Wildman–Crippen LogP) is 5.29. The van der Waals surface area contributed by atoms with Crippen LogP contribution in [0.15, 0.2) is 47.5 Å². The number of hydrogen-bond donors (Lipinski definition) is 1. The number of aryl methyl sites for hydroxylation is 2. The summed E-state index contributed by atoms with van der Waals surface area (Å²) in [6.07, 6.45) is 1.61. The average Bonchev–Trinajstić information content (AvgIpc) is 3.33. The van der Waals surface area contributed by atoms with E-state index in [1.807, 2.05) is 0 Å². The van der Waals surface area contributed by atoms with Crippen molar-refractivity contribution < 1.29 is 17.5 Å². The molecular weight excluding hydrogens is 500 g/mol. The van der Waals surface area contributed by atoms with Crippen molar-refractivity contribution in [2.75, 3.05) is 4.72 Å². The maximum atomic E-state index is 14.8. The Labute approximate surface area is 196 Å². The lowest BCUT2D eigenvalue weighted by atomic mass is 10.1. The lowest BCUT2D eigenvalue weighted by Gasteiger charge is -2.14. The molecule has 32 heavy (non-hydrogen) atoms. The monoisotopic (exact) mass is 513 g/mol. The molecule has 0 bridgehead atoms. The fourth-order valence-corrected chi connectivity index (χ4v) is 5.20. The van der Waals surface area contributed by atoms with Crippen molar-refractivity contribution in [3.05, 3.63) is 63.5 Å². The van der Waals surface area contributed by atoms with Crippen LogP contribution in [0.25, 0.3) is 11.3 Å². The van der Waals surface area contributed by atoms with E-state index in [0.717, 1.165) is 23.5 Å². The number of halogens is 3. The standard InChI is InChI=1S/C19H14Cl2FN5O3S2/c1-10-24-25-19(31-10)26-32(28,29)18-8-13(21)17(9-14(18)22)30-16-4-3-11(20)7-12(16)15-5-6-23-27(15)2/h3-9H,1-2H3,(H,25,26). The topological polar surface area (TPSA) is 99.0 Å². The van der Waals surface area contributed by atoms with Crippen LogP contribution in [0.1, 0.15) is 5.01 Å². The second kappa shape index (κ2) is 8.66. The van der Waals surface area contributed by atoms with E-state index in [0.29, 0.717) is 27.0 Å². The summed E-state index contributed by atoms with van der Waals surface area (Å²) in [6.45, 7) is 1.66. The molecule has 0 saturated carbocycles. The van der Waals surface area contributed by atoms with Gasteiger partial charge in [-0.25, -0.2) is 12.8 Å².